The van der Waals surface area contributed by atoms with Gasteiger partial charge in [0.05, 0.1) is 11.7 Å². The van der Waals surface area contributed by atoms with Gasteiger partial charge in [-0.1, -0.05) is 0 Å². The van der Waals surface area contributed by atoms with E-state index in [9.17, 15) is 8.78 Å². The predicted octanol–water partition coefficient (Wildman–Crippen LogP) is 3.59. The van der Waals surface area contributed by atoms with Crippen LogP contribution in [-0.4, -0.2) is 19.7 Å². The quantitative estimate of drug-likeness (QED) is 0.777. The summed E-state index contributed by atoms with van der Waals surface area (Å²) in [5, 5.41) is 6.17. The normalized spacial score (nSPS) is 11.7. The van der Waals surface area contributed by atoms with Gasteiger partial charge in [0.15, 0.2) is 11.6 Å². The van der Waals surface area contributed by atoms with Gasteiger partial charge in [-0.05, 0) is 32.9 Å². The fourth-order valence-electron chi connectivity index (χ4n) is 2.54. The van der Waals surface area contributed by atoms with Crippen molar-refractivity contribution in [2.45, 2.75) is 26.8 Å². The van der Waals surface area contributed by atoms with E-state index in [4.69, 9.17) is 0 Å². The van der Waals surface area contributed by atoms with Crippen molar-refractivity contribution in [2.24, 2.45) is 0 Å². The highest BCUT2D eigenvalue weighted by molar-refractivity contribution is 5.82. The van der Waals surface area contributed by atoms with E-state index >= 15 is 0 Å². The maximum absolute atomic E-state index is 14.2. The van der Waals surface area contributed by atoms with Crippen LogP contribution in [0.2, 0.25) is 0 Å². The van der Waals surface area contributed by atoms with Gasteiger partial charge < -0.3 is 4.57 Å². The Balaban J connectivity index is 2.33. The number of hydrogen-bond acceptors (Lipinski definition) is 2. The molecule has 3 rings (SSSR count). The van der Waals surface area contributed by atoms with Crippen molar-refractivity contribution in [2.75, 3.05) is 0 Å². The lowest BCUT2D eigenvalue weighted by molar-refractivity contribution is 0.600. The van der Waals surface area contributed by atoms with Crippen LogP contribution < -0.4 is 0 Å². The number of aromatic nitrogens is 4. The largest absolute Gasteiger partial charge is 0.326 e. The van der Waals surface area contributed by atoms with E-state index in [1.165, 1.54) is 6.07 Å². The lowest BCUT2D eigenvalue weighted by Gasteiger charge is -2.11. The molecule has 0 aliphatic heterocycles. The topological polar surface area (TPSA) is 46.5 Å². The Bertz CT molecular complexity index is 786. The van der Waals surface area contributed by atoms with Crippen molar-refractivity contribution in [3.05, 3.63) is 35.8 Å². The third-order valence-electron chi connectivity index (χ3n) is 3.32. The number of aromatic amines is 1. The number of nitrogens with zero attached hydrogens (tertiary/aromatic N) is 3. The SMILES string of the molecule is Cc1nc2c(F)cc(-c3[nH]ncc3F)cc2n1C(C)C. The summed E-state index contributed by atoms with van der Waals surface area (Å²) in [5.41, 5.74) is 1.56. The van der Waals surface area contributed by atoms with Crippen LogP contribution in [0.25, 0.3) is 22.3 Å². The van der Waals surface area contributed by atoms with Crippen molar-refractivity contribution in [1.29, 1.82) is 0 Å². The number of H-pyrrole nitrogens is 1. The molecule has 0 radical (unpaired) electrons. The molecule has 0 amide bonds. The monoisotopic (exact) mass is 276 g/mol. The molecule has 20 heavy (non-hydrogen) atoms. The number of imidazole rings is 1. The molecule has 6 heteroatoms. The Kier molecular flexibility index (Phi) is 2.81. The molecule has 1 N–H and O–H groups in total. The Morgan fingerprint density at radius 3 is 2.55 bits per heavy atom. The molecule has 0 atom stereocenters. The predicted molar refractivity (Wildman–Crippen MR) is 72.4 cm³/mol. The minimum atomic E-state index is -0.504. The first kappa shape index (κ1) is 12.8. The molecular weight excluding hydrogens is 262 g/mol. The highest BCUT2D eigenvalue weighted by Crippen LogP contribution is 2.29. The average molecular weight is 276 g/mol. The summed E-state index contributed by atoms with van der Waals surface area (Å²) in [6.07, 6.45) is 1.07. The first-order valence-electron chi connectivity index (χ1n) is 6.36. The minimum absolute atomic E-state index is 0.140. The van der Waals surface area contributed by atoms with Gasteiger partial charge in [-0.15, -0.1) is 0 Å². The standard InChI is InChI=1S/C14H14F2N4/c1-7(2)20-8(3)18-14-10(15)4-9(5-12(14)20)13-11(16)6-17-19-13/h4-7H,1-3H3,(H,17,19). The van der Waals surface area contributed by atoms with Gasteiger partial charge in [0, 0.05) is 11.6 Å². The molecule has 0 spiro atoms. The smallest absolute Gasteiger partial charge is 0.168 e. The molecule has 3 aromatic rings. The van der Waals surface area contributed by atoms with Crippen LogP contribution in [0.3, 0.4) is 0 Å². The third-order valence-corrected chi connectivity index (χ3v) is 3.32. The van der Waals surface area contributed by atoms with E-state index in [1.54, 1.807) is 6.07 Å². The molecule has 1 aromatic carbocycles. The zero-order chi connectivity index (χ0) is 14.4. The van der Waals surface area contributed by atoms with Gasteiger partial charge in [-0.2, -0.15) is 5.10 Å². The fraction of sp³-hybridized carbons (Fsp3) is 0.286. The van der Waals surface area contributed by atoms with Crippen molar-refractivity contribution in [1.82, 2.24) is 19.7 Å². The maximum Gasteiger partial charge on any atom is 0.168 e. The molecule has 4 nitrogen and oxygen atoms in total. The number of nitrogens with one attached hydrogen (secondary N) is 1. The minimum Gasteiger partial charge on any atom is -0.326 e. The van der Waals surface area contributed by atoms with Crippen LogP contribution in [0.1, 0.15) is 25.7 Å². The van der Waals surface area contributed by atoms with Crippen molar-refractivity contribution in [3.63, 3.8) is 0 Å². The highest BCUT2D eigenvalue weighted by atomic mass is 19.1. The van der Waals surface area contributed by atoms with E-state index in [0.29, 0.717) is 16.6 Å². The number of hydrogen-bond donors (Lipinski definition) is 1. The summed E-state index contributed by atoms with van der Waals surface area (Å²) in [6.45, 7) is 5.82. The Hall–Kier alpha value is -2.24. The number of rotatable bonds is 2. The van der Waals surface area contributed by atoms with Gasteiger partial charge in [-0.25, -0.2) is 13.8 Å². The number of halogens is 2. The summed E-state index contributed by atoms with van der Waals surface area (Å²) in [5.74, 6) is -0.235. The van der Waals surface area contributed by atoms with Crippen molar-refractivity contribution in [3.8, 4) is 11.3 Å². The Morgan fingerprint density at radius 1 is 1.20 bits per heavy atom. The van der Waals surface area contributed by atoms with E-state index in [0.717, 1.165) is 12.0 Å². The van der Waals surface area contributed by atoms with Crippen LogP contribution in [0.5, 0.6) is 0 Å². The van der Waals surface area contributed by atoms with Crippen LogP contribution in [-0.2, 0) is 0 Å². The lowest BCUT2D eigenvalue weighted by atomic mass is 10.1. The Labute approximate surface area is 114 Å². The first-order chi connectivity index (χ1) is 9.49. The van der Waals surface area contributed by atoms with Crippen molar-refractivity contribution >= 4 is 11.0 Å². The maximum atomic E-state index is 14.2. The Morgan fingerprint density at radius 2 is 1.95 bits per heavy atom. The summed E-state index contributed by atoms with van der Waals surface area (Å²) in [4.78, 5) is 4.25. The molecule has 0 aliphatic carbocycles. The van der Waals surface area contributed by atoms with E-state index in [1.807, 2.05) is 25.3 Å². The second-order valence-corrected chi connectivity index (χ2v) is 5.04. The van der Waals surface area contributed by atoms with Gasteiger partial charge in [0.25, 0.3) is 0 Å². The molecule has 2 heterocycles. The number of benzene rings is 1. The lowest BCUT2D eigenvalue weighted by Crippen LogP contribution is -2.02. The van der Waals surface area contributed by atoms with Gasteiger partial charge in [0.1, 0.15) is 17.0 Å². The third kappa shape index (κ3) is 1.79. The number of aryl methyl sites for hydroxylation is 1. The van der Waals surface area contributed by atoms with Crippen LogP contribution in [0, 0.1) is 18.6 Å². The summed E-state index contributed by atoms with van der Waals surface area (Å²) < 4.78 is 29.7. The second-order valence-electron chi connectivity index (χ2n) is 5.04. The molecule has 0 unspecified atom stereocenters. The van der Waals surface area contributed by atoms with Gasteiger partial charge in [-0.3, -0.25) is 5.10 Å². The molecule has 0 saturated heterocycles. The summed E-state index contributed by atoms with van der Waals surface area (Å²) >= 11 is 0. The molecule has 0 saturated carbocycles. The molecular formula is C14H14F2N4. The first-order valence-corrected chi connectivity index (χ1v) is 6.36. The molecule has 0 bridgehead atoms. The highest BCUT2D eigenvalue weighted by Gasteiger charge is 2.17. The molecule has 104 valence electrons. The summed E-state index contributed by atoms with van der Waals surface area (Å²) in [6, 6.07) is 3.15. The summed E-state index contributed by atoms with van der Waals surface area (Å²) in [7, 11) is 0. The molecule has 2 aromatic heterocycles. The van der Waals surface area contributed by atoms with Crippen LogP contribution >= 0.6 is 0 Å². The van der Waals surface area contributed by atoms with Crippen LogP contribution in [0.4, 0.5) is 8.78 Å². The average Bonchev–Trinajstić information content (AvgIpc) is 2.92. The second kappa shape index (κ2) is 4.40. The van der Waals surface area contributed by atoms with E-state index in [-0.39, 0.29) is 11.7 Å². The van der Waals surface area contributed by atoms with E-state index in [2.05, 4.69) is 15.2 Å². The molecule has 0 fully saturated rings. The fourth-order valence-corrected chi connectivity index (χ4v) is 2.54. The zero-order valence-corrected chi connectivity index (χ0v) is 11.4. The molecule has 0 aliphatic rings. The van der Waals surface area contributed by atoms with Crippen LogP contribution in [0.15, 0.2) is 18.3 Å². The zero-order valence-electron chi connectivity index (χ0n) is 11.4. The van der Waals surface area contributed by atoms with E-state index < -0.39 is 11.6 Å². The number of fused-ring (bicyclic) bond motifs is 1. The van der Waals surface area contributed by atoms with Crippen molar-refractivity contribution < 1.29 is 8.78 Å². The van der Waals surface area contributed by atoms with Gasteiger partial charge in [0.2, 0.25) is 0 Å². The van der Waals surface area contributed by atoms with Gasteiger partial charge >= 0.3 is 0 Å².